The van der Waals surface area contributed by atoms with Crippen molar-refractivity contribution in [2.45, 2.75) is 17.2 Å². The van der Waals surface area contributed by atoms with E-state index >= 15 is 0 Å². The molecule has 4 amide bonds. The predicted octanol–water partition coefficient (Wildman–Crippen LogP) is 4.03. The quantitative estimate of drug-likeness (QED) is 0.384. The highest BCUT2D eigenvalue weighted by Crippen LogP contribution is 2.29. The van der Waals surface area contributed by atoms with Gasteiger partial charge in [0.15, 0.2) is 4.34 Å². The largest absolute Gasteiger partial charge is 0.338 e. The first-order chi connectivity index (χ1) is 13.7. The first-order valence-electron chi connectivity index (χ1n) is 9.06. The van der Waals surface area contributed by atoms with Crippen LogP contribution in [0.1, 0.15) is 12.0 Å². The number of nitrogens with zero attached hydrogens (tertiary/aromatic N) is 1. The Labute approximate surface area is 172 Å². The number of fused-ring (bicyclic) bond motifs is 1. The summed E-state index contributed by atoms with van der Waals surface area (Å²) in [6, 6.07) is 16.9. The molecular weight excluding hydrogens is 392 g/mol. The summed E-state index contributed by atoms with van der Waals surface area (Å²) in [5, 5.41) is 7.64. The number of benzene rings is 2. The fraction of sp³-hybridized carbons (Fsp3) is 0.250. The molecule has 0 spiro atoms. The molecular formula is C20H22N4O2S2. The monoisotopic (exact) mass is 414 g/mol. The molecule has 146 valence electrons. The van der Waals surface area contributed by atoms with Crippen molar-refractivity contribution in [1.29, 1.82) is 0 Å². The molecule has 0 saturated heterocycles. The van der Waals surface area contributed by atoms with E-state index in [1.807, 2.05) is 48.5 Å². The number of carbonyl (C=O) groups is 2. The Morgan fingerprint density at radius 2 is 1.64 bits per heavy atom. The standard InChI is InChI=1S/C20H22N4O2S2/c25-18(24-19(26)22-13-11-15-7-2-1-3-8-15)21-12-6-14-27-20-23-16-9-4-5-10-17(16)28-20/h1-5,7-10H,6,11-14H2,(H3,21,22,24,25,26). The van der Waals surface area contributed by atoms with Crippen molar-refractivity contribution in [3.63, 3.8) is 0 Å². The second-order valence-corrected chi connectivity index (χ2v) is 8.39. The number of amides is 4. The number of nitrogens with one attached hydrogen (secondary N) is 3. The SMILES string of the molecule is O=C(NCCCSc1nc2ccccc2s1)NC(=O)NCCc1ccccc1. The Kier molecular flexibility index (Phi) is 7.69. The minimum atomic E-state index is -0.489. The molecule has 3 rings (SSSR count). The van der Waals surface area contributed by atoms with E-state index in [0.717, 1.165) is 34.0 Å². The van der Waals surface area contributed by atoms with E-state index in [9.17, 15) is 9.59 Å². The molecule has 28 heavy (non-hydrogen) atoms. The van der Waals surface area contributed by atoms with Crippen molar-refractivity contribution in [3.8, 4) is 0 Å². The third kappa shape index (κ3) is 6.54. The number of hydrogen-bond acceptors (Lipinski definition) is 5. The van der Waals surface area contributed by atoms with Crippen LogP contribution in [0.2, 0.25) is 0 Å². The summed E-state index contributed by atoms with van der Waals surface area (Å²) in [6.45, 7) is 0.975. The molecule has 0 unspecified atom stereocenters. The minimum Gasteiger partial charge on any atom is -0.338 e. The number of thioether (sulfide) groups is 1. The molecule has 0 atom stereocenters. The zero-order valence-corrected chi connectivity index (χ0v) is 16.9. The molecule has 0 bridgehead atoms. The molecule has 8 heteroatoms. The Morgan fingerprint density at radius 3 is 2.43 bits per heavy atom. The molecule has 0 saturated carbocycles. The Balaban J connectivity index is 1.25. The van der Waals surface area contributed by atoms with Gasteiger partial charge >= 0.3 is 12.1 Å². The molecule has 0 fully saturated rings. The van der Waals surface area contributed by atoms with E-state index in [1.54, 1.807) is 23.1 Å². The number of hydrogen-bond donors (Lipinski definition) is 3. The van der Waals surface area contributed by atoms with Gasteiger partial charge in [0.25, 0.3) is 0 Å². The predicted molar refractivity (Wildman–Crippen MR) is 115 cm³/mol. The molecule has 0 aliphatic rings. The third-order valence-corrected chi connectivity index (χ3v) is 6.14. The van der Waals surface area contributed by atoms with Crippen molar-refractivity contribution in [2.75, 3.05) is 18.8 Å². The highest BCUT2D eigenvalue weighted by molar-refractivity contribution is 8.01. The van der Waals surface area contributed by atoms with Crippen LogP contribution >= 0.6 is 23.1 Å². The first kappa shape index (κ1) is 20.2. The molecule has 0 radical (unpaired) electrons. The molecule has 0 aliphatic carbocycles. The molecule has 6 nitrogen and oxygen atoms in total. The summed E-state index contributed by atoms with van der Waals surface area (Å²) in [7, 11) is 0. The smallest absolute Gasteiger partial charge is 0.322 e. The van der Waals surface area contributed by atoms with E-state index in [0.29, 0.717) is 13.1 Å². The number of rotatable bonds is 8. The number of aromatic nitrogens is 1. The molecule has 1 heterocycles. The molecule has 1 aromatic heterocycles. The summed E-state index contributed by atoms with van der Waals surface area (Å²) >= 11 is 3.35. The highest BCUT2D eigenvalue weighted by Gasteiger charge is 2.07. The van der Waals surface area contributed by atoms with Crippen LogP contribution in [0.3, 0.4) is 0 Å². The van der Waals surface area contributed by atoms with Gasteiger partial charge in [-0.3, -0.25) is 5.32 Å². The van der Waals surface area contributed by atoms with Crippen molar-refractivity contribution < 1.29 is 9.59 Å². The van der Waals surface area contributed by atoms with Crippen LogP contribution in [0, 0.1) is 0 Å². The van der Waals surface area contributed by atoms with Crippen LogP contribution < -0.4 is 16.0 Å². The summed E-state index contributed by atoms with van der Waals surface area (Å²) in [5.74, 6) is 0.851. The van der Waals surface area contributed by atoms with Crippen LogP contribution in [-0.4, -0.2) is 35.9 Å². The van der Waals surface area contributed by atoms with E-state index in [1.165, 1.54) is 4.70 Å². The van der Waals surface area contributed by atoms with Gasteiger partial charge in [0.05, 0.1) is 10.2 Å². The number of imide groups is 1. The summed E-state index contributed by atoms with van der Waals surface area (Å²) in [4.78, 5) is 28.0. The zero-order valence-electron chi connectivity index (χ0n) is 15.3. The third-order valence-electron chi connectivity index (χ3n) is 3.88. The van der Waals surface area contributed by atoms with Crippen LogP contribution in [0.5, 0.6) is 0 Å². The Morgan fingerprint density at radius 1 is 0.929 bits per heavy atom. The van der Waals surface area contributed by atoms with Crippen LogP contribution in [0.25, 0.3) is 10.2 Å². The first-order valence-corrected chi connectivity index (χ1v) is 10.9. The van der Waals surface area contributed by atoms with Gasteiger partial charge < -0.3 is 10.6 Å². The average molecular weight is 415 g/mol. The fourth-order valence-electron chi connectivity index (χ4n) is 2.50. The normalized spacial score (nSPS) is 10.6. The van der Waals surface area contributed by atoms with Gasteiger partial charge in [0.2, 0.25) is 0 Å². The van der Waals surface area contributed by atoms with Gasteiger partial charge in [0, 0.05) is 18.8 Å². The molecule has 0 aliphatic heterocycles. The number of carbonyl (C=O) groups excluding carboxylic acids is 2. The molecule has 2 aromatic carbocycles. The lowest BCUT2D eigenvalue weighted by Gasteiger charge is -2.08. The zero-order chi connectivity index (χ0) is 19.6. The van der Waals surface area contributed by atoms with Crippen molar-refractivity contribution in [3.05, 3.63) is 60.2 Å². The minimum absolute atomic E-state index is 0.474. The number of urea groups is 2. The van der Waals surface area contributed by atoms with E-state index in [2.05, 4.69) is 27.0 Å². The summed E-state index contributed by atoms with van der Waals surface area (Å²) < 4.78 is 2.21. The van der Waals surface area contributed by atoms with Crippen molar-refractivity contribution in [1.82, 2.24) is 20.9 Å². The molecule has 3 aromatic rings. The Hall–Kier alpha value is -2.58. The maximum absolute atomic E-state index is 11.7. The van der Waals surface area contributed by atoms with E-state index in [4.69, 9.17) is 0 Å². The van der Waals surface area contributed by atoms with Gasteiger partial charge in [-0.05, 0) is 30.5 Å². The maximum Gasteiger partial charge on any atom is 0.322 e. The van der Waals surface area contributed by atoms with Gasteiger partial charge in [-0.2, -0.15) is 0 Å². The van der Waals surface area contributed by atoms with Gasteiger partial charge in [-0.1, -0.05) is 54.2 Å². The highest BCUT2D eigenvalue weighted by atomic mass is 32.2. The lowest BCUT2D eigenvalue weighted by Crippen LogP contribution is -2.45. The second kappa shape index (κ2) is 10.7. The number of thiazole rings is 1. The van der Waals surface area contributed by atoms with Crippen LogP contribution in [0.4, 0.5) is 9.59 Å². The van der Waals surface area contributed by atoms with Crippen LogP contribution in [-0.2, 0) is 6.42 Å². The summed E-state index contributed by atoms with van der Waals surface area (Å²) in [6.07, 6.45) is 1.52. The average Bonchev–Trinajstić information content (AvgIpc) is 3.11. The van der Waals surface area contributed by atoms with Crippen molar-refractivity contribution in [2.24, 2.45) is 0 Å². The second-order valence-electron chi connectivity index (χ2n) is 6.02. The van der Waals surface area contributed by atoms with E-state index in [-0.39, 0.29) is 0 Å². The summed E-state index contributed by atoms with van der Waals surface area (Å²) in [5.41, 5.74) is 2.16. The lowest BCUT2D eigenvalue weighted by atomic mass is 10.1. The van der Waals surface area contributed by atoms with Crippen molar-refractivity contribution >= 4 is 45.4 Å². The van der Waals surface area contributed by atoms with E-state index < -0.39 is 12.1 Å². The topological polar surface area (TPSA) is 83.1 Å². The van der Waals surface area contributed by atoms with Gasteiger partial charge in [-0.25, -0.2) is 14.6 Å². The van der Waals surface area contributed by atoms with Gasteiger partial charge in [-0.15, -0.1) is 11.3 Å². The van der Waals surface area contributed by atoms with Gasteiger partial charge in [0.1, 0.15) is 0 Å². The number of para-hydroxylation sites is 1. The lowest BCUT2D eigenvalue weighted by molar-refractivity contribution is 0.227. The molecule has 3 N–H and O–H groups in total. The van der Waals surface area contributed by atoms with Crippen LogP contribution in [0.15, 0.2) is 58.9 Å². The fourth-order valence-corrected chi connectivity index (χ4v) is 4.58. The maximum atomic E-state index is 11.7. The Bertz CT molecular complexity index is 882.